The molecule has 0 aliphatic carbocycles. The van der Waals surface area contributed by atoms with Crippen molar-refractivity contribution >= 4 is 27.5 Å². The molecule has 0 amide bonds. The number of alkyl halides is 1. The normalized spacial score (nSPS) is 10.8. The lowest BCUT2D eigenvalue weighted by molar-refractivity contribution is 0.456. The second-order valence-corrected chi connectivity index (χ2v) is 5.65. The third kappa shape index (κ3) is 3.91. The molecule has 0 fully saturated rings. The minimum atomic E-state index is 0.325. The standard InChI is InChI=1S/C14H14BrClN2O/c1-9(2)13-3-10(6-16)4-14(18-13)19-12-5-11(15)7-17-8-12/h3-5,7-9H,6H2,1-2H3. The molecule has 0 unspecified atom stereocenters. The maximum atomic E-state index is 5.90. The number of hydrogen-bond donors (Lipinski definition) is 0. The molecule has 100 valence electrons. The van der Waals surface area contributed by atoms with Crippen LogP contribution in [0.1, 0.15) is 31.0 Å². The van der Waals surface area contributed by atoms with Crippen LogP contribution in [0.25, 0.3) is 0 Å². The van der Waals surface area contributed by atoms with Gasteiger partial charge in [0.2, 0.25) is 5.88 Å². The average Bonchev–Trinajstić information content (AvgIpc) is 2.38. The largest absolute Gasteiger partial charge is 0.437 e. The van der Waals surface area contributed by atoms with E-state index >= 15 is 0 Å². The molecule has 0 radical (unpaired) electrons. The Morgan fingerprint density at radius 2 is 2.05 bits per heavy atom. The van der Waals surface area contributed by atoms with Crippen molar-refractivity contribution in [3.63, 3.8) is 0 Å². The van der Waals surface area contributed by atoms with E-state index in [1.54, 1.807) is 12.4 Å². The summed E-state index contributed by atoms with van der Waals surface area (Å²) >= 11 is 9.26. The van der Waals surface area contributed by atoms with Gasteiger partial charge in [-0.3, -0.25) is 4.98 Å². The fraction of sp³-hybridized carbons (Fsp3) is 0.286. The van der Waals surface area contributed by atoms with Crippen LogP contribution in [0.3, 0.4) is 0 Å². The molecule has 0 atom stereocenters. The van der Waals surface area contributed by atoms with Crippen LogP contribution in [0.2, 0.25) is 0 Å². The fourth-order valence-corrected chi connectivity index (χ4v) is 2.07. The van der Waals surface area contributed by atoms with Crippen LogP contribution in [-0.4, -0.2) is 9.97 Å². The van der Waals surface area contributed by atoms with Gasteiger partial charge in [-0.25, -0.2) is 4.98 Å². The van der Waals surface area contributed by atoms with E-state index in [2.05, 4.69) is 39.7 Å². The van der Waals surface area contributed by atoms with E-state index in [1.165, 1.54) is 0 Å². The molecule has 0 spiro atoms. The van der Waals surface area contributed by atoms with Gasteiger partial charge in [0.05, 0.1) is 6.20 Å². The first-order chi connectivity index (χ1) is 9.08. The molecule has 19 heavy (non-hydrogen) atoms. The molecular weight excluding hydrogens is 328 g/mol. The topological polar surface area (TPSA) is 35.0 Å². The molecule has 0 saturated heterocycles. The van der Waals surface area contributed by atoms with Gasteiger partial charge in [0.1, 0.15) is 5.75 Å². The molecule has 2 aromatic heterocycles. The first-order valence-corrected chi connectivity index (χ1v) is 7.26. The number of ether oxygens (including phenoxy) is 1. The molecule has 0 bridgehead atoms. The molecule has 5 heteroatoms. The summed E-state index contributed by atoms with van der Waals surface area (Å²) in [6.07, 6.45) is 3.35. The van der Waals surface area contributed by atoms with Gasteiger partial charge in [-0.15, -0.1) is 11.6 Å². The van der Waals surface area contributed by atoms with Gasteiger partial charge in [-0.1, -0.05) is 13.8 Å². The van der Waals surface area contributed by atoms with Crippen LogP contribution in [0.4, 0.5) is 0 Å². The van der Waals surface area contributed by atoms with Crippen molar-refractivity contribution in [3.8, 4) is 11.6 Å². The van der Waals surface area contributed by atoms with Crippen molar-refractivity contribution in [1.82, 2.24) is 9.97 Å². The number of aromatic nitrogens is 2. The molecule has 0 aromatic carbocycles. The highest BCUT2D eigenvalue weighted by molar-refractivity contribution is 9.10. The summed E-state index contributed by atoms with van der Waals surface area (Å²) in [4.78, 5) is 8.54. The van der Waals surface area contributed by atoms with E-state index < -0.39 is 0 Å². The van der Waals surface area contributed by atoms with Crippen LogP contribution in [0, 0.1) is 0 Å². The second-order valence-electron chi connectivity index (χ2n) is 4.47. The van der Waals surface area contributed by atoms with Crippen molar-refractivity contribution in [2.75, 3.05) is 0 Å². The summed E-state index contributed by atoms with van der Waals surface area (Å²) in [5.41, 5.74) is 1.97. The van der Waals surface area contributed by atoms with E-state index in [9.17, 15) is 0 Å². The Labute approximate surface area is 126 Å². The predicted molar refractivity (Wildman–Crippen MR) is 79.9 cm³/mol. The molecule has 0 N–H and O–H groups in total. The van der Waals surface area contributed by atoms with E-state index in [4.69, 9.17) is 16.3 Å². The monoisotopic (exact) mass is 340 g/mol. The minimum Gasteiger partial charge on any atom is -0.437 e. The van der Waals surface area contributed by atoms with Crippen LogP contribution >= 0.6 is 27.5 Å². The highest BCUT2D eigenvalue weighted by Crippen LogP contribution is 2.25. The molecule has 0 aliphatic heterocycles. The molecule has 0 saturated carbocycles. The first-order valence-electron chi connectivity index (χ1n) is 5.93. The second kappa shape index (κ2) is 6.35. The third-order valence-corrected chi connectivity index (χ3v) is 3.27. The van der Waals surface area contributed by atoms with Crippen LogP contribution < -0.4 is 4.74 Å². The van der Waals surface area contributed by atoms with Crippen molar-refractivity contribution in [2.45, 2.75) is 25.6 Å². The van der Waals surface area contributed by atoms with E-state index in [0.29, 0.717) is 23.4 Å². The summed E-state index contributed by atoms with van der Waals surface area (Å²) in [6.45, 7) is 4.18. The average molecular weight is 342 g/mol. The third-order valence-electron chi connectivity index (χ3n) is 2.53. The van der Waals surface area contributed by atoms with Gasteiger partial charge in [0.15, 0.2) is 0 Å². The van der Waals surface area contributed by atoms with Crippen molar-refractivity contribution < 1.29 is 4.74 Å². The summed E-state index contributed by atoms with van der Waals surface area (Å²) < 4.78 is 6.59. The number of pyridine rings is 2. The quantitative estimate of drug-likeness (QED) is 0.742. The summed E-state index contributed by atoms with van der Waals surface area (Å²) in [6, 6.07) is 5.70. The molecular formula is C14H14BrClN2O. The fourth-order valence-electron chi connectivity index (χ4n) is 1.58. The lowest BCUT2D eigenvalue weighted by Gasteiger charge is -2.10. The van der Waals surface area contributed by atoms with Gasteiger partial charge in [0, 0.05) is 28.3 Å². The predicted octanol–water partition coefficient (Wildman–Crippen LogP) is 4.89. The minimum absolute atomic E-state index is 0.325. The van der Waals surface area contributed by atoms with Gasteiger partial charge in [0.25, 0.3) is 0 Å². The summed E-state index contributed by atoms with van der Waals surface area (Å²) in [7, 11) is 0. The zero-order chi connectivity index (χ0) is 13.8. The number of rotatable bonds is 4. The SMILES string of the molecule is CC(C)c1cc(CCl)cc(Oc2cncc(Br)c2)n1. The Morgan fingerprint density at radius 1 is 1.26 bits per heavy atom. The highest BCUT2D eigenvalue weighted by atomic mass is 79.9. The Bertz CT molecular complexity index is 575. The maximum absolute atomic E-state index is 5.90. The van der Waals surface area contributed by atoms with Gasteiger partial charge in [-0.2, -0.15) is 0 Å². The highest BCUT2D eigenvalue weighted by Gasteiger charge is 2.08. The van der Waals surface area contributed by atoms with Crippen LogP contribution in [0.5, 0.6) is 11.6 Å². The van der Waals surface area contributed by atoms with Crippen molar-refractivity contribution in [3.05, 3.63) is 46.3 Å². The zero-order valence-electron chi connectivity index (χ0n) is 10.7. The number of hydrogen-bond acceptors (Lipinski definition) is 3. The molecule has 3 nitrogen and oxygen atoms in total. The van der Waals surface area contributed by atoms with E-state index in [0.717, 1.165) is 15.7 Å². The Morgan fingerprint density at radius 3 is 2.68 bits per heavy atom. The number of halogens is 2. The first kappa shape index (κ1) is 14.3. The lowest BCUT2D eigenvalue weighted by Crippen LogP contribution is -1.98. The summed E-state index contributed by atoms with van der Waals surface area (Å²) in [5.74, 6) is 1.95. The molecule has 2 aromatic rings. The lowest BCUT2D eigenvalue weighted by atomic mass is 10.1. The van der Waals surface area contributed by atoms with Crippen LogP contribution in [-0.2, 0) is 5.88 Å². The van der Waals surface area contributed by atoms with Gasteiger partial charge >= 0.3 is 0 Å². The van der Waals surface area contributed by atoms with Crippen molar-refractivity contribution in [1.29, 1.82) is 0 Å². The number of nitrogens with zero attached hydrogens (tertiary/aromatic N) is 2. The molecule has 0 aliphatic rings. The van der Waals surface area contributed by atoms with E-state index in [1.807, 2.05) is 18.2 Å². The van der Waals surface area contributed by atoms with E-state index in [-0.39, 0.29) is 0 Å². The zero-order valence-corrected chi connectivity index (χ0v) is 13.1. The molecule has 2 rings (SSSR count). The summed E-state index contributed by atoms with van der Waals surface area (Å²) in [5, 5.41) is 0. The Kier molecular flexibility index (Phi) is 4.77. The van der Waals surface area contributed by atoms with Gasteiger partial charge in [-0.05, 0) is 39.5 Å². The maximum Gasteiger partial charge on any atom is 0.219 e. The smallest absolute Gasteiger partial charge is 0.219 e. The Balaban J connectivity index is 2.31. The van der Waals surface area contributed by atoms with Crippen molar-refractivity contribution in [2.24, 2.45) is 0 Å². The Hall–Kier alpha value is -1.13. The molecule has 2 heterocycles. The van der Waals surface area contributed by atoms with Gasteiger partial charge < -0.3 is 4.74 Å². The van der Waals surface area contributed by atoms with Crippen LogP contribution in [0.15, 0.2) is 35.1 Å².